The molecule has 2 aromatic heterocycles. The molecule has 0 aliphatic carbocycles. The minimum atomic E-state index is -3.93. The number of benzene rings is 1. The summed E-state index contributed by atoms with van der Waals surface area (Å²) < 4.78 is 33.6. The van der Waals surface area contributed by atoms with E-state index in [1.165, 1.54) is 24.6 Å². The predicted molar refractivity (Wildman–Crippen MR) is 122 cm³/mol. The smallest absolute Gasteiger partial charge is 0.340 e. The Kier molecular flexibility index (Phi) is 6.70. The first-order valence-corrected chi connectivity index (χ1v) is 13.0. The van der Waals surface area contributed by atoms with Crippen LogP contribution in [-0.4, -0.2) is 50.4 Å². The Bertz CT molecular complexity index is 1220. The number of nitrogens with zero attached hydrogens (tertiary/aromatic N) is 2. The Balaban J connectivity index is 1.58. The Morgan fingerprint density at radius 2 is 2.03 bits per heavy atom. The van der Waals surface area contributed by atoms with Crippen molar-refractivity contribution in [3.63, 3.8) is 0 Å². The van der Waals surface area contributed by atoms with E-state index in [9.17, 15) is 18.0 Å². The topological polar surface area (TPSA) is 106 Å². The van der Waals surface area contributed by atoms with Crippen molar-refractivity contribution in [2.75, 3.05) is 20.2 Å². The molecule has 0 atom stereocenters. The van der Waals surface area contributed by atoms with Gasteiger partial charge in [-0.05, 0) is 24.0 Å². The number of esters is 1. The number of methoxy groups -OCH3 is 1. The average Bonchev–Trinajstić information content (AvgIpc) is 3.47. The van der Waals surface area contributed by atoms with Crippen LogP contribution in [0, 0.1) is 0 Å². The minimum absolute atomic E-state index is 0.0606. The van der Waals surface area contributed by atoms with Crippen LogP contribution in [-0.2, 0) is 34.1 Å². The number of aromatic nitrogens is 1. The van der Waals surface area contributed by atoms with Gasteiger partial charge in [0.1, 0.15) is 9.09 Å². The predicted octanol–water partition coefficient (Wildman–Crippen LogP) is 2.71. The molecule has 3 aromatic rings. The van der Waals surface area contributed by atoms with Gasteiger partial charge >= 0.3 is 5.97 Å². The summed E-state index contributed by atoms with van der Waals surface area (Å²) in [6.45, 7) is 0.817. The second-order valence-corrected chi connectivity index (χ2v) is 11.1. The fourth-order valence-electron chi connectivity index (χ4n) is 3.57. The fraction of sp³-hybridized carbons (Fsp3) is 0.286. The van der Waals surface area contributed by atoms with Gasteiger partial charge in [-0.2, -0.15) is 0 Å². The van der Waals surface area contributed by atoms with Crippen LogP contribution in [0.3, 0.4) is 0 Å². The summed E-state index contributed by atoms with van der Waals surface area (Å²) in [6.07, 6.45) is 2.42. The number of hydrogen-bond acceptors (Lipinski definition) is 8. The van der Waals surface area contributed by atoms with Crippen LogP contribution < -0.4 is 4.72 Å². The van der Waals surface area contributed by atoms with Crippen LogP contribution in [0.4, 0.5) is 0 Å². The van der Waals surface area contributed by atoms with Gasteiger partial charge in [0.2, 0.25) is 0 Å². The monoisotopic (exact) mass is 491 g/mol. The molecule has 0 fully saturated rings. The Hall–Kier alpha value is -2.60. The van der Waals surface area contributed by atoms with E-state index in [2.05, 4.69) is 9.71 Å². The SMILES string of the molecule is COC(=O)c1c(S(=O)(=O)NCCc2ccccc2)sc2c1CCN(C(=O)c1cncs1)C2. The van der Waals surface area contributed by atoms with E-state index in [4.69, 9.17) is 4.74 Å². The molecule has 0 bridgehead atoms. The van der Waals surface area contributed by atoms with Crippen molar-refractivity contribution in [1.29, 1.82) is 0 Å². The summed E-state index contributed by atoms with van der Waals surface area (Å²) in [5.41, 5.74) is 3.31. The third-order valence-corrected chi connectivity index (χ3v) is 9.09. The van der Waals surface area contributed by atoms with E-state index in [1.807, 2.05) is 30.3 Å². The number of nitrogens with one attached hydrogen (secondary N) is 1. The summed E-state index contributed by atoms with van der Waals surface area (Å²) in [5.74, 6) is -0.843. The van der Waals surface area contributed by atoms with Crippen molar-refractivity contribution in [1.82, 2.24) is 14.6 Å². The molecule has 4 rings (SSSR count). The largest absolute Gasteiger partial charge is 0.465 e. The molecule has 1 aliphatic heterocycles. The summed E-state index contributed by atoms with van der Waals surface area (Å²) in [6, 6.07) is 9.53. The average molecular weight is 492 g/mol. The van der Waals surface area contributed by atoms with Gasteiger partial charge in [0.25, 0.3) is 15.9 Å². The first-order chi connectivity index (χ1) is 15.4. The highest BCUT2D eigenvalue weighted by molar-refractivity contribution is 7.91. The van der Waals surface area contributed by atoms with Crippen molar-refractivity contribution in [2.24, 2.45) is 0 Å². The molecule has 0 saturated carbocycles. The van der Waals surface area contributed by atoms with E-state index in [0.29, 0.717) is 34.7 Å². The van der Waals surface area contributed by atoms with E-state index in [0.717, 1.165) is 16.9 Å². The highest BCUT2D eigenvalue weighted by atomic mass is 32.2. The number of ether oxygens (including phenoxy) is 1. The number of thiazole rings is 1. The number of thiophene rings is 1. The van der Waals surface area contributed by atoms with Gasteiger partial charge in [0.05, 0.1) is 30.9 Å². The van der Waals surface area contributed by atoms with E-state index in [1.54, 1.807) is 10.4 Å². The molecule has 0 unspecified atom stereocenters. The molecule has 168 valence electrons. The summed E-state index contributed by atoms with van der Waals surface area (Å²) in [5, 5.41) is 0. The van der Waals surface area contributed by atoms with Gasteiger partial charge in [0.15, 0.2) is 0 Å². The zero-order valence-electron chi connectivity index (χ0n) is 17.2. The van der Waals surface area contributed by atoms with Gasteiger partial charge in [-0.1, -0.05) is 30.3 Å². The molecule has 8 nitrogen and oxygen atoms in total. The fourth-order valence-corrected chi connectivity index (χ4v) is 7.13. The second-order valence-electron chi connectivity index (χ2n) is 7.13. The zero-order valence-corrected chi connectivity index (χ0v) is 19.7. The van der Waals surface area contributed by atoms with Crippen LogP contribution in [0.15, 0.2) is 46.2 Å². The van der Waals surface area contributed by atoms with Crippen molar-refractivity contribution in [3.05, 3.63) is 68.5 Å². The third-order valence-electron chi connectivity index (χ3n) is 5.14. The number of rotatable bonds is 7. The maximum atomic E-state index is 13.1. The lowest BCUT2D eigenvalue weighted by molar-refractivity contribution is 0.0595. The summed E-state index contributed by atoms with van der Waals surface area (Å²) >= 11 is 2.28. The molecule has 32 heavy (non-hydrogen) atoms. The molecular weight excluding hydrogens is 470 g/mol. The molecule has 1 aliphatic rings. The first kappa shape index (κ1) is 22.6. The van der Waals surface area contributed by atoms with Crippen molar-refractivity contribution < 1.29 is 22.7 Å². The molecule has 0 spiro atoms. The highest BCUT2D eigenvalue weighted by Crippen LogP contribution is 2.37. The number of carbonyl (C=O) groups excluding carboxylic acids is 2. The number of carbonyl (C=O) groups is 2. The van der Waals surface area contributed by atoms with Gasteiger partial charge in [-0.25, -0.2) is 17.9 Å². The second kappa shape index (κ2) is 9.49. The van der Waals surface area contributed by atoms with Crippen LogP contribution in [0.5, 0.6) is 0 Å². The number of fused-ring (bicyclic) bond motifs is 1. The molecule has 1 amide bonds. The lowest BCUT2D eigenvalue weighted by Crippen LogP contribution is -2.35. The molecule has 11 heteroatoms. The van der Waals surface area contributed by atoms with E-state index >= 15 is 0 Å². The number of sulfonamides is 1. The van der Waals surface area contributed by atoms with Crippen LogP contribution >= 0.6 is 22.7 Å². The molecule has 0 radical (unpaired) electrons. The molecular formula is C21H21N3O5S3. The van der Waals surface area contributed by atoms with Crippen molar-refractivity contribution in [3.8, 4) is 0 Å². The normalized spacial score (nSPS) is 13.6. The quantitative estimate of drug-likeness (QED) is 0.510. The van der Waals surface area contributed by atoms with Gasteiger partial charge in [-0.15, -0.1) is 22.7 Å². The lowest BCUT2D eigenvalue weighted by atomic mass is 10.0. The molecule has 1 aromatic carbocycles. The maximum Gasteiger partial charge on any atom is 0.340 e. The van der Waals surface area contributed by atoms with Crippen molar-refractivity contribution >= 4 is 44.6 Å². The van der Waals surface area contributed by atoms with Crippen LogP contribution in [0.2, 0.25) is 0 Å². The zero-order chi connectivity index (χ0) is 22.7. The number of amides is 1. The Morgan fingerprint density at radius 3 is 2.72 bits per heavy atom. The Labute approximate surface area is 193 Å². The van der Waals surface area contributed by atoms with Crippen LogP contribution in [0.1, 0.15) is 36.0 Å². The molecule has 3 heterocycles. The lowest BCUT2D eigenvalue weighted by Gasteiger charge is -2.26. The van der Waals surface area contributed by atoms with E-state index < -0.39 is 16.0 Å². The van der Waals surface area contributed by atoms with Crippen LogP contribution in [0.25, 0.3) is 0 Å². The van der Waals surface area contributed by atoms with Gasteiger partial charge < -0.3 is 9.64 Å². The summed E-state index contributed by atoms with van der Waals surface area (Å²) in [7, 11) is -2.70. The van der Waals surface area contributed by atoms with Gasteiger partial charge in [0, 0.05) is 18.0 Å². The summed E-state index contributed by atoms with van der Waals surface area (Å²) in [4.78, 5) is 32.0. The third kappa shape index (κ3) is 4.60. The first-order valence-electron chi connectivity index (χ1n) is 9.85. The van der Waals surface area contributed by atoms with E-state index in [-0.39, 0.29) is 28.8 Å². The standard InChI is InChI=1S/C21H21N3O5S3/c1-29-20(26)18-15-8-10-24(19(25)16-11-22-13-30-16)12-17(15)31-21(18)32(27,28)23-9-7-14-5-3-2-4-6-14/h2-6,11,13,23H,7-10,12H2,1H3. The number of hydrogen-bond donors (Lipinski definition) is 1. The highest BCUT2D eigenvalue weighted by Gasteiger charge is 2.35. The minimum Gasteiger partial charge on any atom is -0.465 e. The molecule has 0 saturated heterocycles. The van der Waals surface area contributed by atoms with Crippen molar-refractivity contribution in [2.45, 2.75) is 23.6 Å². The maximum absolute atomic E-state index is 13.1. The molecule has 1 N–H and O–H groups in total. The van der Waals surface area contributed by atoms with Gasteiger partial charge in [-0.3, -0.25) is 9.78 Å². The Morgan fingerprint density at radius 1 is 1.25 bits per heavy atom.